The molecule has 7 nitrogen and oxygen atoms in total. The molecule has 0 saturated carbocycles. The van der Waals surface area contributed by atoms with Gasteiger partial charge in [-0.25, -0.2) is 0 Å². The minimum absolute atomic E-state index is 0. The van der Waals surface area contributed by atoms with Crippen molar-refractivity contribution in [2.45, 2.75) is 19.8 Å². The van der Waals surface area contributed by atoms with Gasteiger partial charge >= 0.3 is 0 Å². The van der Waals surface area contributed by atoms with Crippen LogP contribution in [0.25, 0.3) is 0 Å². The highest BCUT2D eigenvalue weighted by molar-refractivity contribution is 14.0. The molecule has 0 amide bonds. The Balaban J connectivity index is 0.00000264. The molecule has 0 bridgehead atoms. The quantitative estimate of drug-likeness (QED) is 0.186. The van der Waals surface area contributed by atoms with Gasteiger partial charge in [0.2, 0.25) is 0 Å². The summed E-state index contributed by atoms with van der Waals surface area (Å²) in [6, 6.07) is 6.35. The van der Waals surface area contributed by atoms with Crippen molar-refractivity contribution in [3.05, 3.63) is 34.4 Å². The molecule has 8 heteroatoms. The van der Waals surface area contributed by atoms with Crippen LogP contribution in [0.15, 0.2) is 29.3 Å². The van der Waals surface area contributed by atoms with E-state index < -0.39 is 4.92 Å². The van der Waals surface area contributed by atoms with Crippen molar-refractivity contribution < 1.29 is 4.92 Å². The van der Waals surface area contributed by atoms with Crippen LogP contribution in [0, 0.1) is 16.0 Å². The van der Waals surface area contributed by atoms with Gasteiger partial charge in [0.25, 0.3) is 5.69 Å². The van der Waals surface area contributed by atoms with Crippen LogP contribution in [0.3, 0.4) is 0 Å². The van der Waals surface area contributed by atoms with Gasteiger partial charge in [0.15, 0.2) is 5.96 Å². The van der Waals surface area contributed by atoms with Crippen molar-refractivity contribution in [1.82, 2.24) is 4.90 Å². The number of hydrogen-bond donors (Lipinski definition) is 2. The maximum absolute atomic E-state index is 10.6. The van der Waals surface area contributed by atoms with Gasteiger partial charge in [0.05, 0.1) is 11.5 Å². The Morgan fingerprint density at radius 1 is 1.48 bits per heavy atom. The van der Waals surface area contributed by atoms with E-state index in [0.29, 0.717) is 25.0 Å². The molecule has 2 rings (SSSR count). The molecule has 1 atom stereocenters. The highest BCUT2D eigenvalue weighted by atomic mass is 127. The second-order valence-electron chi connectivity index (χ2n) is 5.66. The van der Waals surface area contributed by atoms with Gasteiger partial charge in [-0.05, 0) is 30.9 Å². The first kappa shape index (κ1) is 19.5. The fraction of sp³-hybridized carbons (Fsp3) is 0.533. The number of nitrogens with one attached hydrogen (secondary N) is 1. The minimum atomic E-state index is -0.408. The van der Waals surface area contributed by atoms with Gasteiger partial charge in [0.1, 0.15) is 0 Å². The van der Waals surface area contributed by atoms with Crippen molar-refractivity contribution in [3.8, 4) is 0 Å². The highest BCUT2D eigenvalue weighted by Gasteiger charge is 2.17. The molecule has 0 aliphatic carbocycles. The third-order valence-electron chi connectivity index (χ3n) is 3.77. The van der Waals surface area contributed by atoms with E-state index in [9.17, 15) is 10.1 Å². The summed E-state index contributed by atoms with van der Waals surface area (Å²) in [4.78, 5) is 16.7. The van der Waals surface area contributed by atoms with Crippen molar-refractivity contribution in [2.75, 3.05) is 31.5 Å². The largest absolute Gasteiger partial charge is 0.383 e. The summed E-state index contributed by atoms with van der Waals surface area (Å²) in [5.41, 5.74) is 6.95. The van der Waals surface area contributed by atoms with Crippen LogP contribution in [-0.4, -0.2) is 42.0 Å². The number of anilines is 1. The Bertz CT molecular complexity index is 535. The first-order valence-corrected chi connectivity index (χ1v) is 7.59. The van der Waals surface area contributed by atoms with Crippen molar-refractivity contribution in [3.63, 3.8) is 0 Å². The molecule has 1 saturated heterocycles. The van der Waals surface area contributed by atoms with Crippen LogP contribution >= 0.6 is 24.0 Å². The molecule has 1 unspecified atom stereocenters. The third kappa shape index (κ3) is 6.20. The molecule has 0 radical (unpaired) electrons. The number of rotatable bonds is 5. The second-order valence-corrected chi connectivity index (χ2v) is 5.66. The number of nitro groups is 1. The maximum Gasteiger partial charge on any atom is 0.269 e. The molecule has 1 fully saturated rings. The van der Waals surface area contributed by atoms with E-state index in [0.717, 1.165) is 18.8 Å². The van der Waals surface area contributed by atoms with E-state index in [1.54, 1.807) is 12.1 Å². The fourth-order valence-electron chi connectivity index (χ4n) is 2.57. The lowest BCUT2D eigenvalue weighted by atomic mass is 10.0. The molecule has 1 aromatic rings. The number of benzene rings is 1. The molecular weight excluding hydrogens is 409 g/mol. The summed E-state index contributed by atoms with van der Waals surface area (Å²) in [6.07, 6.45) is 2.42. The van der Waals surface area contributed by atoms with Crippen LogP contribution in [0.1, 0.15) is 19.8 Å². The van der Waals surface area contributed by atoms with Crippen LogP contribution in [-0.2, 0) is 0 Å². The zero-order valence-electron chi connectivity index (χ0n) is 13.3. The Kier molecular flexibility index (Phi) is 8.07. The molecule has 1 heterocycles. The number of nitrogens with zero attached hydrogens (tertiary/aromatic N) is 3. The Labute approximate surface area is 153 Å². The number of non-ortho nitro benzene ring substituents is 1. The lowest BCUT2D eigenvalue weighted by Crippen LogP contribution is -2.43. The summed E-state index contributed by atoms with van der Waals surface area (Å²) < 4.78 is 0. The predicted molar refractivity (Wildman–Crippen MR) is 103 cm³/mol. The number of halogens is 1. The molecule has 1 aliphatic heterocycles. The highest BCUT2D eigenvalue weighted by Crippen LogP contribution is 2.16. The van der Waals surface area contributed by atoms with Crippen LogP contribution in [0.5, 0.6) is 0 Å². The van der Waals surface area contributed by atoms with Gasteiger partial charge < -0.3 is 16.0 Å². The van der Waals surface area contributed by atoms with E-state index in [1.807, 2.05) is 0 Å². The smallest absolute Gasteiger partial charge is 0.269 e. The molecule has 23 heavy (non-hydrogen) atoms. The number of nitro benzene ring substituents is 1. The zero-order chi connectivity index (χ0) is 15.9. The second kappa shape index (κ2) is 9.53. The van der Waals surface area contributed by atoms with E-state index in [2.05, 4.69) is 22.1 Å². The summed E-state index contributed by atoms with van der Waals surface area (Å²) in [5.74, 6) is 1.28. The molecule has 1 aromatic carbocycles. The number of hydrogen-bond acceptors (Lipinski definition) is 4. The molecular formula is C15H24IN5O2. The summed E-state index contributed by atoms with van der Waals surface area (Å²) in [7, 11) is 0. The van der Waals surface area contributed by atoms with E-state index >= 15 is 0 Å². The number of guanidine groups is 1. The lowest BCUT2D eigenvalue weighted by Gasteiger charge is -2.31. The topological polar surface area (TPSA) is 96.8 Å². The molecule has 3 N–H and O–H groups in total. The first-order valence-electron chi connectivity index (χ1n) is 7.59. The minimum Gasteiger partial charge on any atom is -0.383 e. The summed E-state index contributed by atoms with van der Waals surface area (Å²) in [6.45, 7) is 5.41. The average Bonchev–Trinajstić information content (AvgIpc) is 2.51. The van der Waals surface area contributed by atoms with E-state index in [4.69, 9.17) is 5.73 Å². The van der Waals surface area contributed by atoms with E-state index in [1.165, 1.54) is 25.0 Å². The number of nitrogens with two attached hydrogens (primary N) is 1. The van der Waals surface area contributed by atoms with Crippen LogP contribution < -0.4 is 11.1 Å². The summed E-state index contributed by atoms with van der Waals surface area (Å²) >= 11 is 0. The maximum atomic E-state index is 10.6. The van der Waals surface area contributed by atoms with Gasteiger partial charge in [-0.1, -0.05) is 6.92 Å². The van der Waals surface area contributed by atoms with Gasteiger partial charge in [0, 0.05) is 37.5 Å². The fourth-order valence-corrected chi connectivity index (χ4v) is 2.57. The lowest BCUT2D eigenvalue weighted by molar-refractivity contribution is -0.384. The van der Waals surface area contributed by atoms with Crippen molar-refractivity contribution in [2.24, 2.45) is 16.6 Å². The Morgan fingerprint density at radius 2 is 2.17 bits per heavy atom. The van der Waals surface area contributed by atoms with Crippen LogP contribution in [0.4, 0.5) is 11.4 Å². The summed E-state index contributed by atoms with van der Waals surface area (Å²) in [5, 5.41) is 13.7. The van der Waals surface area contributed by atoms with Crippen molar-refractivity contribution >= 4 is 41.3 Å². The number of likely N-dealkylation sites (tertiary alicyclic amines) is 1. The van der Waals surface area contributed by atoms with Gasteiger partial charge in [-0.15, -0.1) is 24.0 Å². The standard InChI is InChI=1S/C15H23N5O2.HI/c1-12-3-2-10-19(11-12)15(16)18-9-8-17-13-4-6-14(7-5-13)20(21)22;/h4-7,12,17H,2-3,8-11H2,1H3,(H2,16,18);1H. The zero-order valence-corrected chi connectivity index (χ0v) is 15.6. The van der Waals surface area contributed by atoms with Crippen LogP contribution in [0.2, 0.25) is 0 Å². The predicted octanol–water partition coefficient (Wildman–Crippen LogP) is 2.67. The number of aliphatic imine (C=N–C) groups is 1. The molecule has 1 aliphatic rings. The van der Waals surface area contributed by atoms with E-state index in [-0.39, 0.29) is 29.7 Å². The monoisotopic (exact) mass is 433 g/mol. The van der Waals surface area contributed by atoms with Gasteiger partial charge in [-0.2, -0.15) is 0 Å². The molecule has 128 valence electrons. The first-order chi connectivity index (χ1) is 10.6. The average molecular weight is 433 g/mol. The Hall–Kier alpha value is -1.58. The SMILES string of the molecule is CC1CCCN(C(N)=NCCNc2ccc([N+](=O)[O-])cc2)C1.I. The van der Waals surface area contributed by atoms with Gasteiger partial charge in [-0.3, -0.25) is 15.1 Å². The molecule has 0 aromatic heterocycles. The van der Waals surface area contributed by atoms with Crippen molar-refractivity contribution in [1.29, 1.82) is 0 Å². The number of piperidine rings is 1. The normalized spacial score (nSPS) is 18.2. The molecule has 0 spiro atoms. The Morgan fingerprint density at radius 3 is 2.78 bits per heavy atom. The third-order valence-corrected chi connectivity index (χ3v) is 3.77.